The van der Waals surface area contributed by atoms with Crippen LogP contribution < -0.4 is 10.1 Å². The highest BCUT2D eigenvalue weighted by Gasteiger charge is 2.40. The topological polar surface area (TPSA) is 64.6 Å². The molecule has 0 radical (unpaired) electrons. The molecular formula is C21H23NO4. The van der Waals surface area contributed by atoms with Crippen LogP contribution in [0.3, 0.4) is 0 Å². The summed E-state index contributed by atoms with van der Waals surface area (Å²) in [6, 6.07) is 16.9. The number of benzene rings is 2. The number of amides is 1. The van der Waals surface area contributed by atoms with Crippen LogP contribution in [0.2, 0.25) is 0 Å². The number of carbonyl (C=O) groups excluding carboxylic acids is 2. The fourth-order valence-corrected chi connectivity index (χ4v) is 2.90. The predicted molar refractivity (Wildman–Crippen MR) is 97.7 cm³/mol. The van der Waals surface area contributed by atoms with Crippen LogP contribution in [-0.2, 0) is 14.3 Å². The number of hydrogen-bond acceptors (Lipinski definition) is 4. The number of carbonyl (C=O) groups is 2. The van der Waals surface area contributed by atoms with E-state index >= 15 is 0 Å². The molecule has 3 atom stereocenters. The lowest BCUT2D eigenvalue weighted by Gasteiger charge is -2.20. The van der Waals surface area contributed by atoms with Crippen LogP contribution in [0.25, 0.3) is 0 Å². The van der Waals surface area contributed by atoms with E-state index < -0.39 is 0 Å². The number of hydrogen-bond donors (Lipinski definition) is 1. The van der Waals surface area contributed by atoms with Crippen molar-refractivity contribution in [2.75, 3.05) is 13.7 Å². The fraction of sp³-hybridized carbons (Fsp3) is 0.333. The van der Waals surface area contributed by atoms with Gasteiger partial charge < -0.3 is 14.8 Å². The largest absolute Gasteiger partial charge is 0.497 e. The van der Waals surface area contributed by atoms with Crippen molar-refractivity contribution in [3.63, 3.8) is 0 Å². The van der Waals surface area contributed by atoms with Crippen molar-refractivity contribution in [3.05, 3.63) is 65.7 Å². The zero-order valence-electron chi connectivity index (χ0n) is 15.0. The van der Waals surface area contributed by atoms with Gasteiger partial charge in [-0.1, -0.05) is 49.4 Å². The Bertz CT molecular complexity index is 757. The molecule has 0 unspecified atom stereocenters. The first-order valence-corrected chi connectivity index (χ1v) is 8.73. The summed E-state index contributed by atoms with van der Waals surface area (Å²) in [5, 5.41) is 2.96. The van der Waals surface area contributed by atoms with Crippen molar-refractivity contribution in [1.82, 2.24) is 5.32 Å². The Morgan fingerprint density at radius 2 is 1.69 bits per heavy atom. The monoisotopic (exact) mass is 353 g/mol. The highest BCUT2D eigenvalue weighted by molar-refractivity contribution is 5.82. The lowest BCUT2D eigenvalue weighted by molar-refractivity contribution is -0.150. The lowest BCUT2D eigenvalue weighted by Crippen LogP contribution is -2.33. The summed E-state index contributed by atoms with van der Waals surface area (Å²) >= 11 is 0. The van der Waals surface area contributed by atoms with Gasteiger partial charge in [0.15, 0.2) is 6.61 Å². The molecule has 0 heterocycles. The van der Waals surface area contributed by atoms with Crippen LogP contribution in [0.4, 0.5) is 0 Å². The van der Waals surface area contributed by atoms with Crippen LogP contribution in [-0.4, -0.2) is 25.6 Å². The number of nitrogens with one attached hydrogen (secondary N) is 1. The van der Waals surface area contributed by atoms with E-state index in [4.69, 9.17) is 9.47 Å². The second-order valence-electron chi connectivity index (χ2n) is 6.61. The first-order valence-electron chi connectivity index (χ1n) is 8.73. The number of esters is 1. The van der Waals surface area contributed by atoms with E-state index in [9.17, 15) is 9.59 Å². The number of rotatable bonds is 7. The summed E-state index contributed by atoms with van der Waals surface area (Å²) < 4.78 is 10.3. The Labute approximate surface area is 153 Å². The van der Waals surface area contributed by atoms with Crippen molar-refractivity contribution >= 4 is 11.9 Å². The van der Waals surface area contributed by atoms with Crippen LogP contribution >= 0.6 is 0 Å². The van der Waals surface area contributed by atoms with Crippen molar-refractivity contribution in [2.45, 2.75) is 19.4 Å². The average Bonchev–Trinajstić information content (AvgIpc) is 3.42. The van der Waals surface area contributed by atoms with E-state index in [1.807, 2.05) is 61.5 Å². The Kier molecular flexibility index (Phi) is 5.56. The molecule has 1 amide bonds. The van der Waals surface area contributed by atoms with Gasteiger partial charge in [0, 0.05) is 0 Å². The molecule has 1 N–H and O–H groups in total. The number of methoxy groups -OCH3 is 1. The van der Waals surface area contributed by atoms with Crippen LogP contribution in [0.5, 0.6) is 5.75 Å². The van der Waals surface area contributed by atoms with Gasteiger partial charge in [-0.25, -0.2) is 0 Å². The molecule has 26 heavy (non-hydrogen) atoms. The van der Waals surface area contributed by atoms with Gasteiger partial charge in [0.05, 0.1) is 19.1 Å². The Hall–Kier alpha value is -2.82. The Morgan fingerprint density at radius 3 is 2.27 bits per heavy atom. The zero-order valence-corrected chi connectivity index (χ0v) is 15.0. The van der Waals surface area contributed by atoms with Gasteiger partial charge in [-0.05, 0) is 35.6 Å². The van der Waals surface area contributed by atoms with Gasteiger partial charge in [-0.2, -0.15) is 0 Å². The molecule has 1 aliphatic carbocycles. The van der Waals surface area contributed by atoms with E-state index in [-0.39, 0.29) is 30.4 Å². The quantitative estimate of drug-likeness (QED) is 0.777. The average molecular weight is 353 g/mol. The van der Waals surface area contributed by atoms with Gasteiger partial charge in [0.25, 0.3) is 5.91 Å². The molecule has 0 saturated heterocycles. The standard InChI is InChI=1S/C21H23NO4/c1-14-12-18(14)21(24)26-13-19(23)22-20(15-6-4-3-5-7-15)16-8-10-17(25-2)11-9-16/h3-11,14,18,20H,12-13H2,1-2H3,(H,22,23)/t14-,18-,20+/m1/s1. The van der Waals surface area contributed by atoms with Gasteiger partial charge in [0.2, 0.25) is 0 Å². The molecule has 1 fully saturated rings. The third kappa shape index (κ3) is 4.42. The van der Waals surface area contributed by atoms with Crippen molar-refractivity contribution in [3.8, 4) is 5.75 Å². The SMILES string of the molecule is COc1ccc([C@@H](NC(=O)COC(=O)[C@@H]2C[C@H]2C)c2ccccc2)cc1. The summed E-state index contributed by atoms with van der Waals surface area (Å²) in [6.45, 7) is 1.74. The first kappa shape index (κ1) is 18.0. The smallest absolute Gasteiger partial charge is 0.309 e. The van der Waals surface area contributed by atoms with E-state index in [2.05, 4.69) is 5.32 Å². The third-order valence-corrected chi connectivity index (χ3v) is 4.65. The van der Waals surface area contributed by atoms with Crippen LogP contribution in [0, 0.1) is 11.8 Å². The van der Waals surface area contributed by atoms with Crippen LogP contribution in [0.15, 0.2) is 54.6 Å². The molecular weight excluding hydrogens is 330 g/mol. The molecule has 2 aromatic carbocycles. The molecule has 5 nitrogen and oxygen atoms in total. The maximum atomic E-state index is 12.3. The molecule has 2 aromatic rings. The van der Waals surface area contributed by atoms with E-state index in [1.54, 1.807) is 7.11 Å². The first-order chi connectivity index (χ1) is 12.6. The summed E-state index contributed by atoms with van der Waals surface area (Å²) in [4.78, 5) is 24.1. The molecule has 0 bridgehead atoms. The van der Waals surface area contributed by atoms with Crippen LogP contribution in [0.1, 0.15) is 30.5 Å². The highest BCUT2D eigenvalue weighted by atomic mass is 16.5. The van der Waals surface area contributed by atoms with E-state index in [0.29, 0.717) is 5.92 Å². The molecule has 5 heteroatoms. The van der Waals surface area contributed by atoms with Crippen molar-refractivity contribution in [2.24, 2.45) is 11.8 Å². The number of ether oxygens (including phenoxy) is 2. The lowest BCUT2D eigenvalue weighted by atomic mass is 9.98. The van der Waals surface area contributed by atoms with E-state index in [0.717, 1.165) is 23.3 Å². The Morgan fingerprint density at radius 1 is 1.08 bits per heavy atom. The molecule has 136 valence electrons. The summed E-state index contributed by atoms with van der Waals surface area (Å²) in [6.07, 6.45) is 0.846. The highest BCUT2D eigenvalue weighted by Crippen LogP contribution is 2.38. The normalized spacial score (nSPS) is 19.3. The van der Waals surface area contributed by atoms with Crippen molar-refractivity contribution < 1.29 is 19.1 Å². The Balaban J connectivity index is 1.69. The second-order valence-corrected chi connectivity index (χ2v) is 6.61. The molecule has 0 aromatic heterocycles. The summed E-state index contributed by atoms with van der Waals surface area (Å²) in [7, 11) is 1.61. The molecule has 3 rings (SSSR count). The maximum Gasteiger partial charge on any atom is 0.309 e. The minimum absolute atomic E-state index is 0.0469. The zero-order chi connectivity index (χ0) is 18.5. The molecule has 0 aliphatic heterocycles. The minimum atomic E-state index is -0.326. The molecule has 1 saturated carbocycles. The summed E-state index contributed by atoms with van der Waals surface area (Å²) in [5.74, 6) is 0.459. The minimum Gasteiger partial charge on any atom is -0.497 e. The molecule has 1 aliphatic rings. The van der Waals surface area contributed by atoms with Gasteiger partial charge >= 0.3 is 5.97 Å². The molecule has 0 spiro atoms. The van der Waals surface area contributed by atoms with Gasteiger partial charge in [-0.3, -0.25) is 9.59 Å². The fourth-order valence-electron chi connectivity index (χ4n) is 2.90. The van der Waals surface area contributed by atoms with Gasteiger partial charge in [0.1, 0.15) is 5.75 Å². The van der Waals surface area contributed by atoms with Gasteiger partial charge in [-0.15, -0.1) is 0 Å². The third-order valence-electron chi connectivity index (χ3n) is 4.65. The maximum absolute atomic E-state index is 12.3. The predicted octanol–water partition coefficient (Wildman–Crippen LogP) is 3.10. The summed E-state index contributed by atoms with van der Waals surface area (Å²) in [5.41, 5.74) is 1.88. The van der Waals surface area contributed by atoms with E-state index in [1.165, 1.54) is 0 Å². The van der Waals surface area contributed by atoms with Crippen molar-refractivity contribution in [1.29, 1.82) is 0 Å². The second kappa shape index (κ2) is 8.04.